The van der Waals surface area contributed by atoms with E-state index in [0.29, 0.717) is 17.0 Å². The highest BCUT2D eigenvalue weighted by molar-refractivity contribution is 5.96. The Morgan fingerprint density at radius 3 is 2.68 bits per heavy atom. The van der Waals surface area contributed by atoms with Gasteiger partial charge in [0.05, 0.1) is 0 Å². The van der Waals surface area contributed by atoms with Gasteiger partial charge in [-0.05, 0) is 37.8 Å². The molecule has 0 spiro atoms. The van der Waals surface area contributed by atoms with Crippen molar-refractivity contribution in [3.05, 3.63) is 29.3 Å². The molecule has 0 saturated heterocycles. The molecule has 3 heteroatoms. The van der Waals surface area contributed by atoms with Gasteiger partial charge in [0.25, 0.3) is 5.91 Å². The van der Waals surface area contributed by atoms with Gasteiger partial charge in [-0.2, -0.15) is 0 Å². The first-order valence-electron chi connectivity index (χ1n) is 7.13. The minimum absolute atomic E-state index is 0.0129. The van der Waals surface area contributed by atoms with E-state index >= 15 is 0 Å². The van der Waals surface area contributed by atoms with Gasteiger partial charge < -0.3 is 10.0 Å². The van der Waals surface area contributed by atoms with Crippen LogP contribution in [-0.2, 0) is 0 Å². The largest absolute Gasteiger partial charge is 0.508 e. The molecule has 1 aliphatic carbocycles. The Bertz CT molecular complexity index is 450. The van der Waals surface area contributed by atoms with Gasteiger partial charge in [0.2, 0.25) is 0 Å². The Kier molecular flexibility index (Phi) is 4.46. The van der Waals surface area contributed by atoms with Crippen molar-refractivity contribution < 1.29 is 9.90 Å². The van der Waals surface area contributed by atoms with Gasteiger partial charge >= 0.3 is 0 Å². The van der Waals surface area contributed by atoms with E-state index in [-0.39, 0.29) is 11.7 Å². The van der Waals surface area contributed by atoms with Crippen LogP contribution in [0, 0.1) is 12.8 Å². The third-order valence-corrected chi connectivity index (χ3v) is 4.14. The summed E-state index contributed by atoms with van der Waals surface area (Å²) in [5.41, 5.74) is 1.28. The Labute approximate surface area is 115 Å². The quantitative estimate of drug-likeness (QED) is 0.906. The summed E-state index contributed by atoms with van der Waals surface area (Å²) in [5, 5.41) is 9.68. The van der Waals surface area contributed by atoms with Gasteiger partial charge in [0, 0.05) is 24.7 Å². The van der Waals surface area contributed by atoms with Crippen molar-refractivity contribution in [3.63, 3.8) is 0 Å². The van der Waals surface area contributed by atoms with Crippen LogP contribution in [0.1, 0.15) is 48.0 Å². The first-order valence-corrected chi connectivity index (χ1v) is 7.13. The van der Waals surface area contributed by atoms with Gasteiger partial charge in [-0.1, -0.05) is 25.3 Å². The van der Waals surface area contributed by atoms with Crippen LogP contribution in [0.15, 0.2) is 18.2 Å². The molecule has 0 aromatic heterocycles. The van der Waals surface area contributed by atoms with Crippen molar-refractivity contribution >= 4 is 5.91 Å². The summed E-state index contributed by atoms with van der Waals surface area (Å²) in [7, 11) is 1.86. The van der Waals surface area contributed by atoms with Gasteiger partial charge in [-0.3, -0.25) is 4.79 Å². The van der Waals surface area contributed by atoms with E-state index < -0.39 is 0 Å². The highest BCUT2D eigenvalue weighted by atomic mass is 16.3. The fourth-order valence-corrected chi connectivity index (χ4v) is 2.90. The van der Waals surface area contributed by atoms with Crippen LogP contribution in [-0.4, -0.2) is 29.5 Å². The first kappa shape index (κ1) is 13.9. The summed E-state index contributed by atoms with van der Waals surface area (Å²) in [6, 6.07) is 5.13. The third-order valence-electron chi connectivity index (χ3n) is 4.14. The summed E-state index contributed by atoms with van der Waals surface area (Å²) in [6.45, 7) is 2.62. The predicted octanol–water partition coefficient (Wildman–Crippen LogP) is 3.35. The average Bonchev–Trinajstić information content (AvgIpc) is 2.42. The second kappa shape index (κ2) is 6.09. The van der Waals surface area contributed by atoms with E-state index in [4.69, 9.17) is 0 Å². The number of rotatable bonds is 3. The fraction of sp³-hybridized carbons (Fsp3) is 0.562. The monoisotopic (exact) mass is 261 g/mol. The third kappa shape index (κ3) is 3.28. The lowest BCUT2D eigenvalue weighted by molar-refractivity contribution is 0.0759. The Morgan fingerprint density at radius 2 is 2.00 bits per heavy atom. The van der Waals surface area contributed by atoms with Gasteiger partial charge in [-0.15, -0.1) is 0 Å². The fourth-order valence-electron chi connectivity index (χ4n) is 2.90. The van der Waals surface area contributed by atoms with Crippen LogP contribution in [0.4, 0.5) is 0 Å². The van der Waals surface area contributed by atoms with Crippen LogP contribution < -0.4 is 0 Å². The summed E-state index contributed by atoms with van der Waals surface area (Å²) in [5.74, 6) is 0.844. The van der Waals surface area contributed by atoms with Crippen molar-refractivity contribution in [2.75, 3.05) is 13.6 Å². The smallest absolute Gasteiger partial charge is 0.254 e. The molecule has 2 rings (SSSR count). The first-order chi connectivity index (χ1) is 9.09. The molecule has 1 N–H and O–H groups in total. The molecule has 0 atom stereocenters. The number of carbonyl (C=O) groups is 1. The lowest BCUT2D eigenvalue weighted by atomic mass is 9.89. The lowest BCUT2D eigenvalue weighted by Gasteiger charge is -2.27. The van der Waals surface area contributed by atoms with Crippen LogP contribution in [0.3, 0.4) is 0 Å². The molecular formula is C16H23NO2. The van der Waals surface area contributed by atoms with Gasteiger partial charge in [-0.25, -0.2) is 0 Å². The van der Waals surface area contributed by atoms with E-state index in [0.717, 1.165) is 6.54 Å². The minimum Gasteiger partial charge on any atom is -0.508 e. The zero-order chi connectivity index (χ0) is 13.8. The molecule has 1 aliphatic rings. The number of benzene rings is 1. The molecular weight excluding hydrogens is 238 g/mol. The highest BCUT2D eigenvalue weighted by Crippen LogP contribution is 2.25. The summed E-state index contributed by atoms with van der Waals surface area (Å²) in [4.78, 5) is 14.2. The molecule has 3 nitrogen and oxygen atoms in total. The van der Waals surface area contributed by atoms with Gasteiger partial charge in [0.1, 0.15) is 5.75 Å². The number of nitrogens with zero attached hydrogens (tertiary/aromatic N) is 1. The summed E-state index contributed by atoms with van der Waals surface area (Å²) >= 11 is 0. The van der Waals surface area contributed by atoms with Gasteiger partial charge in [0.15, 0.2) is 0 Å². The molecule has 0 aliphatic heterocycles. The Hall–Kier alpha value is -1.51. The topological polar surface area (TPSA) is 40.5 Å². The van der Waals surface area contributed by atoms with Crippen LogP contribution in [0.25, 0.3) is 0 Å². The minimum atomic E-state index is 0.0129. The SMILES string of the molecule is Cc1c(O)cccc1C(=O)N(C)CC1CCCCC1. The molecule has 19 heavy (non-hydrogen) atoms. The molecule has 1 aromatic rings. The van der Waals surface area contributed by atoms with E-state index in [1.54, 1.807) is 30.0 Å². The molecule has 0 unspecified atom stereocenters. The number of phenolic OH excluding ortho intramolecular Hbond substituents is 1. The number of hydrogen-bond acceptors (Lipinski definition) is 2. The van der Waals surface area contributed by atoms with E-state index in [9.17, 15) is 9.90 Å². The van der Waals surface area contributed by atoms with E-state index in [1.807, 2.05) is 7.05 Å². The Balaban J connectivity index is 2.03. The lowest BCUT2D eigenvalue weighted by Crippen LogP contribution is -2.33. The van der Waals surface area contributed by atoms with Crippen LogP contribution in [0.2, 0.25) is 0 Å². The number of amides is 1. The Morgan fingerprint density at radius 1 is 1.32 bits per heavy atom. The number of hydrogen-bond donors (Lipinski definition) is 1. The van der Waals surface area contributed by atoms with Crippen LogP contribution in [0.5, 0.6) is 5.75 Å². The van der Waals surface area contributed by atoms with Crippen molar-refractivity contribution in [2.45, 2.75) is 39.0 Å². The molecule has 0 heterocycles. The highest BCUT2D eigenvalue weighted by Gasteiger charge is 2.20. The maximum absolute atomic E-state index is 12.4. The van der Waals surface area contributed by atoms with Crippen LogP contribution >= 0.6 is 0 Å². The van der Waals surface area contributed by atoms with Crippen molar-refractivity contribution in [2.24, 2.45) is 5.92 Å². The zero-order valence-electron chi connectivity index (χ0n) is 11.9. The molecule has 0 radical (unpaired) electrons. The molecule has 1 aromatic carbocycles. The predicted molar refractivity (Wildman–Crippen MR) is 76.4 cm³/mol. The second-order valence-corrected chi connectivity index (χ2v) is 5.64. The molecule has 1 amide bonds. The molecule has 1 fully saturated rings. The molecule has 1 saturated carbocycles. The maximum atomic E-state index is 12.4. The standard InChI is InChI=1S/C16H23NO2/c1-12-14(9-6-10-15(12)18)16(19)17(2)11-13-7-4-3-5-8-13/h6,9-10,13,18H,3-5,7-8,11H2,1-2H3. The molecule has 104 valence electrons. The average molecular weight is 261 g/mol. The van der Waals surface area contributed by atoms with E-state index in [1.165, 1.54) is 32.1 Å². The van der Waals surface area contributed by atoms with E-state index in [2.05, 4.69) is 0 Å². The number of phenols is 1. The normalized spacial score (nSPS) is 16.3. The van der Waals surface area contributed by atoms with Crippen molar-refractivity contribution in [3.8, 4) is 5.75 Å². The van der Waals surface area contributed by atoms with Crippen molar-refractivity contribution in [1.29, 1.82) is 0 Å². The number of carbonyl (C=O) groups excluding carboxylic acids is 1. The molecule has 0 bridgehead atoms. The summed E-state index contributed by atoms with van der Waals surface area (Å²) in [6.07, 6.45) is 6.38. The number of aromatic hydroxyl groups is 1. The second-order valence-electron chi connectivity index (χ2n) is 5.64. The van der Waals surface area contributed by atoms with Crippen molar-refractivity contribution in [1.82, 2.24) is 4.90 Å². The maximum Gasteiger partial charge on any atom is 0.254 e. The zero-order valence-corrected chi connectivity index (χ0v) is 11.9. The summed E-state index contributed by atoms with van der Waals surface area (Å²) < 4.78 is 0.